The van der Waals surface area contributed by atoms with E-state index in [0.717, 1.165) is 17.5 Å². The fraction of sp³-hybridized carbons (Fsp3) is 0.0556. The zero-order valence-corrected chi connectivity index (χ0v) is 12.2. The Hall–Kier alpha value is -2.95. The summed E-state index contributed by atoms with van der Waals surface area (Å²) < 4.78 is 37.2. The maximum atomic E-state index is 13.6. The first-order valence-electron chi connectivity index (χ1n) is 6.82. The van der Waals surface area contributed by atoms with Gasteiger partial charge >= 0.3 is 0 Å². The van der Waals surface area contributed by atoms with Gasteiger partial charge in [-0.25, -0.2) is 8.78 Å². The summed E-state index contributed by atoms with van der Waals surface area (Å²) in [6.07, 6.45) is 2.62. The third kappa shape index (κ3) is 2.99. The summed E-state index contributed by atoms with van der Waals surface area (Å²) in [5.74, 6) is -1.19. The van der Waals surface area contributed by atoms with Gasteiger partial charge in [-0.2, -0.15) is 0 Å². The summed E-state index contributed by atoms with van der Waals surface area (Å²) in [5.41, 5.74) is 0.367. The number of para-hydroxylation sites is 1. The van der Waals surface area contributed by atoms with Crippen LogP contribution in [-0.4, -0.2) is 12.9 Å². The highest BCUT2D eigenvalue weighted by atomic mass is 19.1. The largest absolute Gasteiger partial charge is 0.493 e. The lowest BCUT2D eigenvalue weighted by Crippen LogP contribution is -1.98. The zero-order chi connectivity index (χ0) is 16.4. The number of allylic oxidation sites excluding steroid dienone is 1. The second kappa shape index (κ2) is 6.04. The van der Waals surface area contributed by atoms with E-state index in [2.05, 4.69) is 0 Å². The van der Waals surface area contributed by atoms with Crippen LogP contribution in [0.5, 0.6) is 5.75 Å². The summed E-state index contributed by atoms with van der Waals surface area (Å²) in [6, 6.07) is 9.99. The molecule has 1 heterocycles. The molecule has 3 nitrogen and oxygen atoms in total. The maximum absolute atomic E-state index is 13.6. The molecule has 0 fully saturated rings. The molecule has 23 heavy (non-hydrogen) atoms. The minimum absolute atomic E-state index is 0.198. The quantitative estimate of drug-likeness (QED) is 0.521. The molecule has 1 aromatic heterocycles. The van der Waals surface area contributed by atoms with Crippen LogP contribution in [0.2, 0.25) is 0 Å². The first-order valence-corrected chi connectivity index (χ1v) is 6.82. The Morgan fingerprint density at radius 3 is 2.74 bits per heavy atom. The number of fused-ring (bicyclic) bond motifs is 1. The fourth-order valence-electron chi connectivity index (χ4n) is 2.24. The number of benzene rings is 2. The van der Waals surface area contributed by atoms with E-state index in [1.807, 2.05) is 12.1 Å². The number of hydrogen-bond acceptors (Lipinski definition) is 3. The number of carbonyl (C=O) groups excluding carboxylic acids is 1. The van der Waals surface area contributed by atoms with Gasteiger partial charge in [0.15, 0.2) is 17.1 Å². The number of ether oxygens (including phenoxy) is 1. The average Bonchev–Trinajstić information content (AvgIpc) is 2.95. The lowest BCUT2D eigenvalue weighted by Gasteiger charge is -1.98. The molecule has 0 aliphatic heterocycles. The molecular formula is C18H12F2O3. The van der Waals surface area contributed by atoms with Crippen LogP contribution in [0.15, 0.2) is 53.0 Å². The van der Waals surface area contributed by atoms with Gasteiger partial charge in [0, 0.05) is 11.5 Å². The highest BCUT2D eigenvalue weighted by molar-refractivity contribution is 6.07. The van der Waals surface area contributed by atoms with E-state index in [-0.39, 0.29) is 5.56 Å². The summed E-state index contributed by atoms with van der Waals surface area (Å²) in [6.45, 7) is 0. The van der Waals surface area contributed by atoms with E-state index >= 15 is 0 Å². The lowest BCUT2D eigenvalue weighted by atomic mass is 10.1. The predicted molar refractivity (Wildman–Crippen MR) is 82.5 cm³/mol. The van der Waals surface area contributed by atoms with Crippen molar-refractivity contribution in [1.82, 2.24) is 0 Å². The Morgan fingerprint density at radius 2 is 2.00 bits per heavy atom. The van der Waals surface area contributed by atoms with Gasteiger partial charge in [-0.3, -0.25) is 4.79 Å². The summed E-state index contributed by atoms with van der Waals surface area (Å²) in [7, 11) is 1.54. The van der Waals surface area contributed by atoms with Crippen molar-refractivity contribution in [2.45, 2.75) is 0 Å². The van der Waals surface area contributed by atoms with Crippen molar-refractivity contribution in [2.75, 3.05) is 7.11 Å². The number of halogens is 2. The molecule has 0 atom stereocenters. The number of furan rings is 1. The highest BCUT2D eigenvalue weighted by Crippen LogP contribution is 2.29. The molecule has 0 N–H and O–H groups in total. The number of ketones is 1. The summed E-state index contributed by atoms with van der Waals surface area (Å²) in [5, 5.41) is 0.824. The van der Waals surface area contributed by atoms with E-state index in [0.29, 0.717) is 23.2 Å². The molecule has 116 valence electrons. The zero-order valence-electron chi connectivity index (χ0n) is 12.2. The molecule has 0 aliphatic carbocycles. The van der Waals surface area contributed by atoms with Crippen LogP contribution >= 0.6 is 0 Å². The van der Waals surface area contributed by atoms with Crippen LogP contribution in [-0.2, 0) is 0 Å². The molecule has 2 aromatic carbocycles. The van der Waals surface area contributed by atoms with Crippen molar-refractivity contribution in [3.63, 3.8) is 0 Å². The van der Waals surface area contributed by atoms with Crippen molar-refractivity contribution < 1.29 is 22.7 Å². The Kier molecular flexibility index (Phi) is 3.93. The molecule has 3 aromatic rings. The van der Waals surface area contributed by atoms with Crippen LogP contribution < -0.4 is 4.74 Å². The minimum Gasteiger partial charge on any atom is -0.493 e. The second-order valence-electron chi connectivity index (χ2n) is 4.85. The van der Waals surface area contributed by atoms with Crippen LogP contribution in [0.25, 0.3) is 17.0 Å². The highest BCUT2D eigenvalue weighted by Gasteiger charge is 2.11. The van der Waals surface area contributed by atoms with Gasteiger partial charge in [0.05, 0.1) is 12.7 Å². The summed E-state index contributed by atoms with van der Waals surface area (Å²) in [4.78, 5) is 12.0. The maximum Gasteiger partial charge on any atom is 0.188 e. The molecule has 0 aliphatic rings. The first kappa shape index (κ1) is 15.0. The van der Waals surface area contributed by atoms with E-state index in [1.165, 1.54) is 19.3 Å². The van der Waals surface area contributed by atoms with E-state index in [4.69, 9.17) is 9.15 Å². The molecule has 0 amide bonds. The van der Waals surface area contributed by atoms with E-state index in [1.54, 1.807) is 12.1 Å². The second-order valence-corrected chi connectivity index (χ2v) is 4.85. The number of hydrogen-bond donors (Lipinski definition) is 0. The van der Waals surface area contributed by atoms with Crippen LogP contribution in [0.1, 0.15) is 16.1 Å². The molecule has 0 saturated carbocycles. The van der Waals surface area contributed by atoms with Crippen molar-refractivity contribution in [3.05, 3.63) is 71.5 Å². The molecular weight excluding hydrogens is 302 g/mol. The topological polar surface area (TPSA) is 39.4 Å². The van der Waals surface area contributed by atoms with Gasteiger partial charge in [-0.15, -0.1) is 0 Å². The van der Waals surface area contributed by atoms with Crippen molar-refractivity contribution in [3.8, 4) is 5.75 Å². The standard InChI is InChI=1S/C18H12F2O3/c1-22-17-4-2-3-11-9-13(23-18(11)17)6-8-16(21)14-7-5-12(19)10-15(14)20/h2-10H,1H3/b8-6+. The van der Waals surface area contributed by atoms with Gasteiger partial charge in [0.25, 0.3) is 0 Å². The third-order valence-electron chi connectivity index (χ3n) is 3.34. The van der Waals surface area contributed by atoms with Gasteiger partial charge in [-0.05, 0) is 36.4 Å². The third-order valence-corrected chi connectivity index (χ3v) is 3.34. The van der Waals surface area contributed by atoms with Crippen molar-refractivity contribution in [2.24, 2.45) is 0 Å². The van der Waals surface area contributed by atoms with Gasteiger partial charge in [-0.1, -0.05) is 12.1 Å². The van der Waals surface area contributed by atoms with Gasteiger partial charge < -0.3 is 9.15 Å². The monoisotopic (exact) mass is 314 g/mol. The number of methoxy groups -OCH3 is 1. The molecule has 0 bridgehead atoms. The molecule has 0 saturated heterocycles. The smallest absolute Gasteiger partial charge is 0.188 e. The first-order chi connectivity index (χ1) is 11.1. The van der Waals surface area contributed by atoms with Crippen LogP contribution in [0, 0.1) is 11.6 Å². The number of carbonyl (C=O) groups is 1. The molecule has 5 heteroatoms. The van der Waals surface area contributed by atoms with E-state index in [9.17, 15) is 13.6 Å². The Labute approximate surface area is 130 Å². The lowest BCUT2D eigenvalue weighted by molar-refractivity contribution is 0.104. The normalized spacial score (nSPS) is 11.3. The summed E-state index contributed by atoms with van der Waals surface area (Å²) >= 11 is 0. The average molecular weight is 314 g/mol. The predicted octanol–water partition coefficient (Wildman–Crippen LogP) is 4.62. The molecule has 0 radical (unpaired) electrons. The molecule has 0 unspecified atom stereocenters. The van der Waals surface area contributed by atoms with Gasteiger partial charge in [0.2, 0.25) is 0 Å². The Bertz CT molecular complexity index is 910. The number of rotatable bonds is 4. The Morgan fingerprint density at radius 1 is 1.17 bits per heavy atom. The minimum atomic E-state index is -0.897. The van der Waals surface area contributed by atoms with Crippen molar-refractivity contribution in [1.29, 1.82) is 0 Å². The molecule has 0 spiro atoms. The molecule has 3 rings (SSSR count). The van der Waals surface area contributed by atoms with E-state index < -0.39 is 17.4 Å². The van der Waals surface area contributed by atoms with Gasteiger partial charge in [0.1, 0.15) is 17.4 Å². The van der Waals surface area contributed by atoms with Crippen LogP contribution in [0.4, 0.5) is 8.78 Å². The van der Waals surface area contributed by atoms with Crippen LogP contribution in [0.3, 0.4) is 0 Å². The fourth-order valence-corrected chi connectivity index (χ4v) is 2.24. The Balaban J connectivity index is 1.89. The SMILES string of the molecule is COc1cccc2cc(/C=C/C(=O)c3ccc(F)cc3F)oc12. The van der Waals surface area contributed by atoms with Crippen molar-refractivity contribution >= 4 is 22.8 Å².